The molecule has 3 aliphatic rings. The number of likely N-dealkylation sites (tertiary alicyclic amines) is 1. The SMILES string of the molecule is O=C(Nc1ncn[nH]1)C1CC(=O)N(C2NNC3CC(Br)CCC32)C1. The Balaban J connectivity index is 1.40. The van der Waals surface area contributed by atoms with E-state index in [9.17, 15) is 9.59 Å². The summed E-state index contributed by atoms with van der Waals surface area (Å²) in [6, 6.07) is 0.364. The van der Waals surface area contributed by atoms with Gasteiger partial charge in [-0.25, -0.2) is 10.5 Å². The van der Waals surface area contributed by atoms with Gasteiger partial charge in [0.05, 0.1) is 12.1 Å². The second-order valence-electron chi connectivity index (χ2n) is 6.68. The van der Waals surface area contributed by atoms with Crippen LogP contribution in [0.4, 0.5) is 5.95 Å². The topological polar surface area (TPSA) is 115 Å². The number of carbonyl (C=O) groups is 2. The van der Waals surface area contributed by atoms with E-state index in [0.717, 1.165) is 19.3 Å². The summed E-state index contributed by atoms with van der Waals surface area (Å²) in [5.41, 5.74) is 6.59. The molecule has 0 spiro atoms. The Morgan fingerprint density at radius 2 is 2.25 bits per heavy atom. The van der Waals surface area contributed by atoms with E-state index >= 15 is 0 Å². The fraction of sp³-hybridized carbons (Fsp3) is 0.714. The number of amides is 2. The molecule has 1 aromatic heterocycles. The van der Waals surface area contributed by atoms with Crippen molar-refractivity contribution >= 4 is 33.7 Å². The Morgan fingerprint density at radius 3 is 3.04 bits per heavy atom. The van der Waals surface area contributed by atoms with Gasteiger partial charge in [-0.05, 0) is 19.3 Å². The monoisotopic (exact) mass is 397 g/mol. The Bertz CT molecular complexity index is 625. The molecule has 1 aromatic rings. The number of halogens is 1. The number of nitrogens with zero attached hydrogens (tertiary/aromatic N) is 3. The molecule has 2 amide bonds. The number of nitrogens with one attached hydrogen (secondary N) is 4. The van der Waals surface area contributed by atoms with Crippen molar-refractivity contribution in [3.8, 4) is 0 Å². The number of aromatic nitrogens is 3. The van der Waals surface area contributed by atoms with Crippen LogP contribution in [0.3, 0.4) is 0 Å². The van der Waals surface area contributed by atoms with Crippen molar-refractivity contribution in [3.63, 3.8) is 0 Å². The summed E-state index contributed by atoms with van der Waals surface area (Å²) in [7, 11) is 0. The quantitative estimate of drug-likeness (QED) is 0.531. The van der Waals surface area contributed by atoms with Crippen LogP contribution in [0.5, 0.6) is 0 Å². The summed E-state index contributed by atoms with van der Waals surface area (Å²) in [5, 5.41) is 8.96. The van der Waals surface area contributed by atoms with Crippen LogP contribution in [0.1, 0.15) is 25.7 Å². The number of alkyl halides is 1. The first kappa shape index (κ1) is 16.0. The van der Waals surface area contributed by atoms with Gasteiger partial charge in [-0.2, -0.15) is 10.1 Å². The molecule has 1 aliphatic carbocycles. The van der Waals surface area contributed by atoms with Crippen molar-refractivity contribution in [2.45, 2.75) is 42.7 Å². The van der Waals surface area contributed by atoms with Crippen LogP contribution < -0.4 is 16.2 Å². The van der Waals surface area contributed by atoms with Gasteiger partial charge in [-0.3, -0.25) is 20.3 Å². The molecule has 0 aromatic carbocycles. The molecule has 10 heteroatoms. The van der Waals surface area contributed by atoms with E-state index in [-0.39, 0.29) is 30.3 Å². The number of hydrazine groups is 1. The fourth-order valence-electron chi connectivity index (χ4n) is 3.96. The zero-order chi connectivity index (χ0) is 16.7. The number of H-pyrrole nitrogens is 1. The predicted molar refractivity (Wildman–Crippen MR) is 88.7 cm³/mol. The molecule has 3 heterocycles. The highest BCUT2D eigenvalue weighted by Gasteiger charge is 2.47. The molecule has 1 saturated carbocycles. The van der Waals surface area contributed by atoms with Gasteiger partial charge in [-0.15, -0.1) is 0 Å². The number of rotatable bonds is 3. The number of fused-ring (bicyclic) bond motifs is 1. The van der Waals surface area contributed by atoms with E-state index in [2.05, 4.69) is 47.3 Å². The van der Waals surface area contributed by atoms with Gasteiger partial charge in [0.2, 0.25) is 17.8 Å². The highest BCUT2D eigenvalue weighted by Crippen LogP contribution is 2.36. The molecule has 0 bridgehead atoms. The van der Waals surface area contributed by atoms with Crippen LogP contribution in [0.15, 0.2) is 6.33 Å². The second-order valence-corrected chi connectivity index (χ2v) is 7.98. The highest BCUT2D eigenvalue weighted by molar-refractivity contribution is 9.09. The van der Waals surface area contributed by atoms with E-state index in [1.165, 1.54) is 6.33 Å². The molecule has 2 aliphatic heterocycles. The molecule has 4 rings (SSSR count). The molecule has 9 nitrogen and oxygen atoms in total. The maximum atomic E-state index is 12.5. The van der Waals surface area contributed by atoms with E-state index in [0.29, 0.717) is 29.3 Å². The lowest BCUT2D eigenvalue weighted by Gasteiger charge is -2.34. The Labute approximate surface area is 147 Å². The lowest BCUT2D eigenvalue weighted by atomic mass is 9.84. The number of anilines is 1. The molecule has 0 radical (unpaired) electrons. The van der Waals surface area contributed by atoms with E-state index in [1.807, 2.05) is 4.90 Å². The van der Waals surface area contributed by atoms with Gasteiger partial charge >= 0.3 is 0 Å². The van der Waals surface area contributed by atoms with E-state index in [4.69, 9.17) is 0 Å². The zero-order valence-electron chi connectivity index (χ0n) is 13.0. The predicted octanol–water partition coefficient (Wildman–Crippen LogP) is -0.0422. The zero-order valence-corrected chi connectivity index (χ0v) is 14.6. The van der Waals surface area contributed by atoms with Crippen molar-refractivity contribution in [1.29, 1.82) is 0 Å². The average molecular weight is 398 g/mol. The van der Waals surface area contributed by atoms with Crippen molar-refractivity contribution in [2.24, 2.45) is 11.8 Å². The smallest absolute Gasteiger partial charge is 0.232 e. The van der Waals surface area contributed by atoms with Crippen molar-refractivity contribution < 1.29 is 9.59 Å². The Morgan fingerprint density at radius 1 is 1.38 bits per heavy atom. The average Bonchev–Trinajstić information content (AvgIpc) is 3.26. The van der Waals surface area contributed by atoms with E-state index in [1.54, 1.807) is 0 Å². The molecule has 130 valence electrons. The maximum Gasteiger partial charge on any atom is 0.232 e. The normalized spacial score (nSPS) is 36.0. The second kappa shape index (κ2) is 6.41. The molecule has 24 heavy (non-hydrogen) atoms. The molecule has 2 saturated heterocycles. The van der Waals surface area contributed by atoms with Gasteiger partial charge in [0.1, 0.15) is 6.33 Å². The maximum absolute atomic E-state index is 12.5. The summed E-state index contributed by atoms with van der Waals surface area (Å²) < 4.78 is 0. The third kappa shape index (κ3) is 2.93. The van der Waals surface area contributed by atoms with Crippen molar-refractivity contribution in [3.05, 3.63) is 6.33 Å². The van der Waals surface area contributed by atoms with Gasteiger partial charge in [-0.1, -0.05) is 15.9 Å². The van der Waals surface area contributed by atoms with Crippen molar-refractivity contribution in [1.82, 2.24) is 30.9 Å². The fourth-order valence-corrected chi connectivity index (χ4v) is 4.62. The summed E-state index contributed by atoms with van der Waals surface area (Å²) in [4.78, 5) is 31.0. The summed E-state index contributed by atoms with van der Waals surface area (Å²) in [6.07, 6.45) is 4.74. The summed E-state index contributed by atoms with van der Waals surface area (Å²) in [6.45, 7) is 0.430. The van der Waals surface area contributed by atoms with Gasteiger partial charge in [0, 0.05) is 29.8 Å². The van der Waals surface area contributed by atoms with Gasteiger partial charge < -0.3 is 4.90 Å². The third-order valence-corrected chi connectivity index (χ3v) is 6.02. The van der Waals surface area contributed by atoms with Crippen LogP contribution in [0.2, 0.25) is 0 Å². The number of carbonyl (C=O) groups excluding carboxylic acids is 2. The molecule has 3 fully saturated rings. The molecule has 4 N–H and O–H groups in total. The first-order chi connectivity index (χ1) is 11.6. The van der Waals surface area contributed by atoms with Gasteiger partial charge in [0.25, 0.3) is 0 Å². The molecule has 5 unspecified atom stereocenters. The number of hydrogen-bond acceptors (Lipinski definition) is 6. The molecule has 5 atom stereocenters. The standard InChI is InChI=1S/C14H20BrN7O2/c15-8-1-2-9-10(4-8)19-20-12(9)22-5-7(3-11(22)23)13(24)18-14-16-6-17-21-14/h6-10,12,19-20H,1-5H2,(H2,16,17,18,21,24). The lowest BCUT2D eigenvalue weighted by molar-refractivity contribution is -0.131. The first-order valence-corrected chi connectivity index (χ1v) is 9.14. The molecular formula is C14H20BrN7O2. The lowest BCUT2D eigenvalue weighted by Crippen LogP contribution is -2.48. The minimum Gasteiger partial charge on any atom is -0.325 e. The van der Waals surface area contributed by atoms with E-state index < -0.39 is 0 Å². The Hall–Kier alpha value is -1.52. The number of aromatic amines is 1. The van der Waals surface area contributed by atoms with Crippen molar-refractivity contribution in [2.75, 3.05) is 11.9 Å². The molecular weight excluding hydrogens is 378 g/mol. The third-order valence-electron chi connectivity index (χ3n) is 5.18. The van der Waals surface area contributed by atoms with Crippen LogP contribution in [-0.4, -0.2) is 55.5 Å². The Kier molecular flexibility index (Phi) is 4.27. The van der Waals surface area contributed by atoms with Crippen LogP contribution in [0.25, 0.3) is 0 Å². The summed E-state index contributed by atoms with van der Waals surface area (Å²) in [5.74, 6) is 0.153. The van der Waals surface area contributed by atoms with Crippen LogP contribution in [0, 0.1) is 11.8 Å². The van der Waals surface area contributed by atoms with Crippen LogP contribution >= 0.6 is 15.9 Å². The van der Waals surface area contributed by atoms with Gasteiger partial charge in [0.15, 0.2) is 0 Å². The van der Waals surface area contributed by atoms with Crippen LogP contribution in [-0.2, 0) is 9.59 Å². The minimum atomic E-state index is -0.365. The first-order valence-electron chi connectivity index (χ1n) is 8.22. The largest absolute Gasteiger partial charge is 0.325 e. The minimum absolute atomic E-state index is 0.0219. The number of hydrogen-bond donors (Lipinski definition) is 4. The summed E-state index contributed by atoms with van der Waals surface area (Å²) >= 11 is 3.68. The highest BCUT2D eigenvalue weighted by atomic mass is 79.9.